The summed E-state index contributed by atoms with van der Waals surface area (Å²) in [6.07, 6.45) is -4.43. The van der Waals surface area contributed by atoms with Crippen molar-refractivity contribution in [3.05, 3.63) is 54.1 Å². The van der Waals surface area contributed by atoms with Crippen molar-refractivity contribution in [1.29, 1.82) is 0 Å². The zero-order chi connectivity index (χ0) is 16.2. The van der Waals surface area contributed by atoms with Crippen molar-refractivity contribution >= 4 is 32.6 Å². The van der Waals surface area contributed by atoms with Gasteiger partial charge >= 0.3 is 6.18 Å². The van der Waals surface area contributed by atoms with Gasteiger partial charge < -0.3 is 9.72 Å². The topological polar surface area (TPSA) is 25.0 Å². The highest BCUT2D eigenvalue weighted by atomic mass is 19.4. The lowest BCUT2D eigenvalue weighted by Crippen LogP contribution is -2.05. The van der Waals surface area contributed by atoms with Gasteiger partial charge in [0.25, 0.3) is 0 Å². The summed E-state index contributed by atoms with van der Waals surface area (Å²) in [6.45, 7) is 0. The van der Waals surface area contributed by atoms with Crippen molar-refractivity contribution in [1.82, 2.24) is 4.98 Å². The molecule has 0 saturated carbocycles. The van der Waals surface area contributed by atoms with Crippen molar-refractivity contribution in [2.75, 3.05) is 7.11 Å². The molecule has 0 spiro atoms. The zero-order valence-corrected chi connectivity index (χ0v) is 12.2. The smallest absolute Gasteiger partial charge is 0.417 e. The predicted octanol–water partition coefficient (Wildman–Crippen LogP) is 5.50. The highest BCUT2D eigenvalue weighted by Crippen LogP contribution is 2.42. The normalized spacial score (nSPS) is 12.3. The Morgan fingerprint density at radius 2 is 1.74 bits per heavy atom. The van der Waals surface area contributed by atoms with Crippen LogP contribution in [0.1, 0.15) is 5.56 Å². The second-order valence-corrected chi connectivity index (χ2v) is 5.43. The summed E-state index contributed by atoms with van der Waals surface area (Å²) in [4.78, 5) is 3.13. The second kappa shape index (κ2) is 4.65. The van der Waals surface area contributed by atoms with Gasteiger partial charge in [-0.25, -0.2) is 0 Å². The van der Waals surface area contributed by atoms with Crippen molar-refractivity contribution in [2.45, 2.75) is 6.18 Å². The van der Waals surface area contributed by atoms with Gasteiger partial charge in [-0.05, 0) is 35.7 Å². The van der Waals surface area contributed by atoms with Crippen LogP contribution in [0.2, 0.25) is 0 Å². The lowest BCUT2D eigenvalue weighted by Gasteiger charge is -2.12. The van der Waals surface area contributed by atoms with Crippen LogP contribution in [0.25, 0.3) is 32.6 Å². The molecule has 0 saturated heterocycles. The molecule has 0 unspecified atom stereocenters. The molecular formula is C18H12F3NO. The fraction of sp³-hybridized carbons (Fsp3) is 0.111. The highest BCUT2D eigenvalue weighted by Gasteiger charge is 2.34. The van der Waals surface area contributed by atoms with Gasteiger partial charge in [-0.3, -0.25) is 0 Å². The number of nitrogens with one attached hydrogen (secondary N) is 1. The number of rotatable bonds is 1. The Hall–Kier alpha value is -2.69. The first-order valence-corrected chi connectivity index (χ1v) is 7.07. The largest absolute Gasteiger partial charge is 0.497 e. The molecule has 5 heteroatoms. The number of aromatic amines is 1. The van der Waals surface area contributed by atoms with E-state index >= 15 is 0 Å². The molecule has 1 N–H and O–H groups in total. The molecule has 0 fully saturated rings. The first kappa shape index (κ1) is 13.9. The number of methoxy groups -OCH3 is 1. The Bertz CT molecular complexity index is 1050. The van der Waals surface area contributed by atoms with Gasteiger partial charge in [0, 0.05) is 21.7 Å². The van der Waals surface area contributed by atoms with E-state index in [1.165, 1.54) is 13.2 Å². The van der Waals surface area contributed by atoms with Crippen LogP contribution in [0.5, 0.6) is 5.75 Å². The number of alkyl halides is 3. The van der Waals surface area contributed by atoms with E-state index in [1.54, 1.807) is 42.5 Å². The molecule has 0 amide bonds. The lowest BCUT2D eigenvalue weighted by atomic mass is 9.99. The number of H-pyrrole nitrogens is 1. The second-order valence-electron chi connectivity index (χ2n) is 5.43. The third-order valence-corrected chi connectivity index (χ3v) is 4.11. The third kappa shape index (κ3) is 2.04. The van der Waals surface area contributed by atoms with Gasteiger partial charge in [0.2, 0.25) is 0 Å². The van der Waals surface area contributed by atoms with Crippen molar-refractivity contribution in [3.8, 4) is 5.75 Å². The Balaban J connectivity index is 2.26. The van der Waals surface area contributed by atoms with Crippen molar-refractivity contribution in [2.24, 2.45) is 0 Å². The molecule has 4 rings (SSSR count). The van der Waals surface area contributed by atoms with E-state index in [9.17, 15) is 13.2 Å². The maximum absolute atomic E-state index is 13.6. The Morgan fingerprint density at radius 1 is 0.957 bits per heavy atom. The highest BCUT2D eigenvalue weighted by molar-refractivity contribution is 6.18. The molecule has 0 radical (unpaired) electrons. The summed E-state index contributed by atoms with van der Waals surface area (Å²) in [5.41, 5.74) is 0.556. The summed E-state index contributed by atoms with van der Waals surface area (Å²) in [5.74, 6) is 0.529. The molecule has 3 aromatic carbocycles. The minimum absolute atomic E-state index is 0.214. The molecule has 1 aromatic heterocycles. The van der Waals surface area contributed by atoms with Gasteiger partial charge in [0.05, 0.1) is 18.2 Å². The average molecular weight is 315 g/mol. The van der Waals surface area contributed by atoms with Crippen LogP contribution in [-0.2, 0) is 6.18 Å². The van der Waals surface area contributed by atoms with Crippen LogP contribution in [0, 0.1) is 0 Å². The van der Waals surface area contributed by atoms with E-state index in [2.05, 4.69) is 4.98 Å². The van der Waals surface area contributed by atoms with Crippen LogP contribution in [0.3, 0.4) is 0 Å². The molecule has 1 heterocycles. The summed E-state index contributed by atoms with van der Waals surface area (Å²) in [7, 11) is 1.49. The van der Waals surface area contributed by atoms with Gasteiger partial charge in [-0.2, -0.15) is 13.2 Å². The van der Waals surface area contributed by atoms with Crippen molar-refractivity contribution < 1.29 is 17.9 Å². The van der Waals surface area contributed by atoms with E-state index in [1.807, 2.05) is 0 Å². The molecule has 4 aromatic rings. The predicted molar refractivity (Wildman–Crippen MR) is 84.9 cm³/mol. The van der Waals surface area contributed by atoms with Gasteiger partial charge in [-0.15, -0.1) is 0 Å². The third-order valence-electron chi connectivity index (χ3n) is 4.11. The summed E-state index contributed by atoms with van der Waals surface area (Å²) < 4.78 is 45.9. The minimum Gasteiger partial charge on any atom is -0.497 e. The van der Waals surface area contributed by atoms with Crippen molar-refractivity contribution in [3.63, 3.8) is 0 Å². The first-order chi connectivity index (χ1) is 11.0. The number of ether oxygens (including phenoxy) is 1. The van der Waals surface area contributed by atoms with Crippen LogP contribution in [0.15, 0.2) is 48.5 Å². The number of aromatic nitrogens is 1. The standard InChI is InChI=1S/C18H12F3NO/c1-23-11-6-7-12-10(8-11)9-14(18(19,20)21)16-13-4-2-3-5-15(13)22-17(12)16/h2-9,22H,1H3. The zero-order valence-electron chi connectivity index (χ0n) is 12.2. The molecule has 0 bridgehead atoms. The maximum atomic E-state index is 13.6. The van der Waals surface area contributed by atoms with Gasteiger partial charge in [0.1, 0.15) is 5.75 Å². The minimum atomic E-state index is -4.43. The van der Waals surface area contributed by atoms with Crippen LogP contribution < -0.4 is 4.74 Å². The Morgan fingerprint density at radius 3 is 2.48 bits per heavy atom. The average Bonchev–Trinajstić information content (AvgIpc) is 2.92. The fourth-order valence-corrected chi connectivity index (χ4v) is 3.09. The van der Waals surface area contributed by atoms with E-state index < -0.39 is 11.7 Å². The summed E-state index contributed by atoms with van der Waals surface area (Å²) in [5, 5.41) is 2.03. The van der Waals surface area contributed by atoms with E-state index in [-0.39, 0.29) is 5.39 Å². The lowest BCUT2D eigenvalue weighted by molar-refractivity contribution is -0.136. The van der Waals surface area contributed by atoms with Crippen LogP contribution in [-0.4, -0.2) is 12.1 Å². The SMILES string of the molecule is COc1ccc2c(c1)cc(C(F)(F)F)c1c3ccccc3[nH]c21. The molecule has 0 aliphatic heterocycles. The summed E-state index contributed by atoms with van der Waals surface area (Å²) in [6, 6.07) is 13.4. The molecule has 116 valence electrons. The number of benzene rings is 3. The number of para-hydroxylation sites is 1. The number of hydrogen-bond donors (Lipinski definition) is 1. The van der Waals surface area contributed by atoms with E-state index in [4.69, 9.17) is 4.74 Å². The van der Waals surface area contributed by atoms with E-state index in [0.29, 0.717) is 27.6 Å². The molecule has 0 aliphatic carbocycles. The molecule has 23 heavy (non-hydrogen) atoms. The number of fused-ring (bicyclic) bond motifs is 5. The Labute approximate surface area is 129 Å². The fourth-order valence-electron chi connectivity index (χ4n) is 3.09. The maximum Gasteiger partial charge on any atom is 0.417 e. The molecule has 0 aliphatic rings. The monoisotopic (exact) mass is 315 g/mol. The van der Waals surface area contributed by atoms with Crippen LogP contribution in [0.4, 0.5) is 13.2 Å². The number of hydrogen-bond acceptors (Lipinski definition) is 1. The van der Waals surface area contributed by atoms with Gasteiger partial charge in [-0.1, -0.05) is 18.2 Å². The quantitative estimate of drug-likeness (QED) is 0.493. The summed E-state index contributed by atoms with van der Waals surface area (Å²) >= 11 is 0. The van der Waals surface area contributed by atoms with E-state index in [0.717, 1.165) is 5.39 Å². The van der Waals surface area contributed by atoms with Gasteiger partial charge in [0.15, 0.2) is 0 Å². The first-order valence-electron chi connectivity index (χ1n) is 7.07. The molecule has 0 atom stereocenters. The Kier molecular flexibility index (Phi) is 2.82. The molecule has 2 nitrogen and oxygen atoms in total. The van der Waals surface area contributed by atoms with Crippen LogP contribution >= 0.6 is 0 Å². The molecular weight excluding hydrogens is 303 g/mol. The number of halogens is 3.